The van der Waals surface area contributed by atoms with E-state index in [2.05, 4.69) is 21.9 Å². The Kier molecular flexibility index (Phi) is 5.07. The Bertz CT molecular complexity index is 1260. The van der Waals surface area contributed by atoms with E-state index in [1.54, 1.807) is 24.5 Å². The normalized spacial score (nSPS) is 16.8. The highest BCUT2D eigenvalue weighted by atomic mass is 19.4. The molecule has 4 aromatic rings. The Hall–Kier alpha value is -3.42. The van der Waals surface area contributed by atoms with E-state index >= 15 is 0 Å². The SMILES string of the molecule is CC1CCCN1c1cccc(Cc2cc(-c3ccccc3C(F)(F)F)nn3ccnc23)n1. The zero-order chi connectivity index (χ0) is 22.3. The molecule has 0 bridgehead atoms. The van der Waals surface area contributed by atoms with Crippen LogP contribution in [0.5, 0.6) is 0 Å². The lowest BCUT2D eigenvalue weighted by Gasteiger charge is -2.23. The number of aromatic nitrogens is 4. The number of hydrogen-bond donors (Lipinski definition) is 0. The van der Waals surface area contributed by atoms with Crippen molar-refractivity contribution in [3.8, 4) is 11.3 Å². The fourth-order valence-electron chi connectivity index (χ4n) is 4.39. The molecule has 0 spiro atoms. The third kappa shape index (κ3) is 3.81. The molecule has 4 heterocycles. The van der Waals surface area contributed by atoms with Crippen LogP contribution < -0.4 is 4.90 Å². The van der Waals surface area contributed by atoms with E-state index in [0.717, 1.165) is 42.5 Å². The number of fused-ring (bicyclic) bond motifs is 1. The first-order valence-electron chi connectivity index (χ1n) is 10.6. The smallest absolute Gasteiger partial charge is 0.354 e. The second-order valence-electron chi connectivity index (χ2n) is 8.14. The standard InChI is InChI=1S/C24H22F3N5/c1-16-6-5-12-31(16)22-10-4-7-18(29-22)14-17-15-21(30-32-13-11-28-23(17)32)19-8-2-3-9-20(19)24(25,26)27/h2-4,7-11,13,15-16H,5-6,12,14H2,1H3. The van der Waals surface area contributed by atoms with Crippen LogP contribution >= 0.6 is 0 Å². The third-order valence-corrected chi connectivity index (χ3v) is 5.95. The molecule has 0 saturated carbocycles. The lowest BCUT2D eigenvalue weighted by atomic mass is 10.0. The van der Waals surface area contributed by atoms with Crippen LogP contribution in [0.25, 0.3) is 16.9 Å². The highest BCUT2D eigenvalue weighted by Crippen LogP contribution is 2.36. The van der Waals surface area contributed by atoms with Crippen molar-refractivity contribution in [1.29, 1.82) is 0 Å². The lowest BCUT2D eigenvalue weighted by molar-refractivity contribution is -0.137. The van der Waals surface area contributed by atoms with Crippen molar-refractivity contribution >= 4 is 11.5 Å². The molecule has 5 nitrogen and oxygen atoms in total. The van der Waals surface area contributed by atoms with Gasteiger partial charge in [-0.3, -0.25) is 0 Å². The first-order chi connectivity index (χ1) is 15.4. The van der Waals surface area contributed by atoms with E-state index in [-0.39, 0.29) is 11.3 Å². The Labute approximate surface area is 183 Å². The van der Waals surface area contributed by atoms with E-state index in [1.807, 2.05) is 18.2 Å². The summed E-state index contributed by atoms with van der Waals surface area (Å²) in [6.45, 7) is 3.18. The molecule has 3 aromatic heterocycles. The molecular formula is C24H22F3N5. The number of hydrogen-bond acceptors (Lipinski definition) is 4. The molecule has 0 radical (unpaired) electrons. The van der Waals surface area contributed by atoms with Gasteiger partial charge in [0.2, 0.25) is 0 Å². The van der Waals surface area contributed by atoms with Gasteiger partial charge in [0, 0.05) is 48.2 Å². The molecule has 1 fully saturated rings. The van der Waals surface area contributed by atoms with E-state index in [9.17, 15) is 13.2 Å². The molecule has 32 heavy (non-hydrogen) atoms. The van der Waals surface area contributed by atoms with Crippen LogP contribution in [0, 0.1) is 0 Å². The summed E-state index contributed by atoms with van der Waals surface area (Å²) >= 11 is 0. The lowest BCUT2D eigenvalue weighted by Crippen LogP contribution is -2.27. The Morgan fingerprint density at radius 2 is 1.94 bits per heavy atom. The number of nitrogens with zero attached hydrogens (tertiary/aromatic N) is 5. The first kappa shape index (κ1) is 20.5. The summed E-state index contributed by atoms with van der Waals surface area (Å²) < 4.78 is 42.3. The van der Waals surface area contributed by atoms with E-state index in [4.69, 9.17) is 4.98 Å². The molecule has 0 amide bonds. The summed E-state index contributed by atoms with van der Waals surface area (Å²) in [4.78, 5) is 11.5. The van der Waals surface area contributed by atoms with Gasteiger partial charge in [0.15, 0.2) is 5.65 Å². The second-order valence-corrected chi connectivity index (χ2v) is 8.14. The van der Waals surface area contributed by atoms with Crippen LogP contribution in [-0.4, -0.2) is 32.2 Å². The zero-order valence-corrected chi connectivity index (χ0v) is 17.5. The quantitative estimate of drug-likeness (QED) is 0.430. The number of benzene rings is 1. The van der Waals surface area contributed by atoms with E-state index in [0.29, 0.717) is 18.1 Å². The average molecular weight is 437 g/mol. The van der Waals surface area contributed by atoms with Crippen LogP contribution in [0.4, 0.5) is 19.0 Å². The molecule has 0 aliphatic carbocycles. The van der Waals surface area contributed by atoms with Crippen molar-refractivity contribution in [2.75, 3.05) is 11.4 Å². The molecule has 1 aliphatic heterocycles. The van der Waals surface area contributed by atoms with Crippen molar-refractivity contribution in [2.45, 2.75) is 38.4 Å². The predicted molar refractivity (Wildman–Crippen MR) is 117 cm³/mol. The predicted octanol–water partition coefficient (Wildman–Crippen LogP) is 5.39. The molecule has 1 aromatic carbocycles. The number of rotatable bonds is 4. The number of alkyl halides is 3. The third-order valence-electron chi connectivity index (χ3n) is 5.95. The molecule has 8 heteroatoms. The molecule has 1 unspecified atom stereocenters. The van der Waals surface area contributed by atoms with Gasteiger partial charge in [0.1, 0.15) is 5.82 Å². The van der Waals surface area contributed by atoms with Crippen LogP contribution in [-0.2, 0) is 12.6 Å². The monoisotopic (exact) mass is 437 g/mol. The molecule has 0 N–H and O–H groups in total. The Morgan fingerprint density at radius 1 is 1.09 bits per heavy atom. The molecular weight excluding hydrogens is 415 g/mol. The second kappa shape index (κ2) is 7.93. The highest BCUT2D eigenvalue weighted by Gasteiger charge is 2.34. The zero-order valence-electron chi connectivity index (χ0n) is 17.5. The van der Waals surface area contributed by atoms with Gasteiger partial charge < -0.3 is 4.90 Å². The minimum Gasteiger partial charge on any atom is -0.354 e. The van der Waals surface area contributed by atoms with Crippen molar-refractivity contribution in [2.24, 2.45) is 0 Å². The first-order valence-corrected chi connectivity index (χ1v) is 10.6. The number of halogens is 3. The summed E-state index contributed by atoms with van der Waals surface area (Å²) in [6, 6.07) is 13.6. The molecule has 164 valence electrons. The van der Waals surface area contributed by atoms with Gasteiger partial charge in [-0.05, 0) is 44.0 Å². The minimum absolute atomic E-state index is 0.0458. The highest BCUT2D eigenvalue weighted by molar-refractivity contribution is 5.67. The maximum absolute atomic E-state index is 13.6. The summed E-state index contributed by atoms with van der Waals surface area (Å²) in [5.41, 5.74) is 1.82. The topological polar surface area (TPSA) is 46.3 Å². The van der Waals surface area contributed by atoms with Crippen molar-refractivity contribution in [3.05, 3.63) is 77.7 Å². The summed E-state index contributed by atoms with van der Waals surface area (Å²) in [5, 5.41) is 4.40. The molecule has 1 atom stereocenters. The fourth-order valence-corrected chi connectivity index (χ4v) is 4.39. The Balaban J connectivity index is 1.56. The van der Waals surface area contributed by atoms with Crippen molar-refractivity contribution in [1.82, 2.24) is 19.6 Å². The van der Waals surface area contributed by atoms with Crippen LogP contribution in [0.3, 0.4) is 0 Å². The van der Waals surface area contributed by atoms with Crippen LogP contribution in [0.2, 0.25) is 0 Å². The van der Waals surface area contributed by atoms with Crippen molar-refractivity contribution in [3.63, 3.8) is 0 Å². The van der Waals surface area contributed by atoms with Crippen LogP contribution in [0.15, 0.2) is 60.9 Å². The van der Waals surface area contributed by atoms with Gasteiger partial charge in [-0.25, -0.2) is 14.5 Å². The number of anilines is 1. The van der Waals surface area contributed by atoms with Gasteiger partial charge >= 0.3 is 6.18 Å². The summed E-state index contributed by atoms with van der Waals surface area (Å²) in [6.07, 6.45) is 1.52. The molecule has 5 rings (SSSR count). The summed E-state index contributed by atoms with van der Waals surface area (Å²) in [7, 11) is 0. The Morgan fingerprint density at radius 3 is 2.72 bits per heavy atom. The number of imidazole rings is 1. The fraction of sp³-hybridized carbons (Fsp3) is 0.292. The van der Waals surface area contributed by atoms with Gasteiger partial charge in [-0.2, -0.15) is 18.3 Å². The average Bonchev–Trinajstić information content (AvgIpc) is 3.42. The van der Waals surface area contributed by atoms with Crippen LogP contribution in [0.1, 0.15) is 36.6 Å². The largest absolute Gasteiger partial charge is 0.417 e. The molecule has 1 aliphatic rings. The van der Waals surface area contributed by atoms with Crippen molar-refractivity contribution < 1.29 is 13.2 Å². The maximum Gasteiger partial charge on any atom is 0.417 e. The van der Waals surface area contributed by atoms with Gasteiger partial charge in [-0.15, -0.1) is 0 Å². The summed E-state index contributed by atoms with van der Waals surface area (Å²) in [5.74, 6) is 0.934. The van der Waals surface area contributed by atoms with E-state index in [1.165, 1.54) is 16.6 Å². The minimum atomic E-state index is -4.47. The molecule has 1 saturated heterocycles. The maximum atomic E-state index is 13.6. The van der Waals surface area contributed by atoms with Gasteiger partial charge in [-0.1, -0.05) is 24.3 Å². The van der Waals surface area contributed by atoms with Gasteiger partial charge in [0.05, 0.1) is 11.3 Å². The van der Waals surface area contributed by atoms with Gasteiger partial charge in [0.25, 0.3) is 0 Å². The number of pyridine rings is 1. The van der Waals surface area contributed by atoms with E-state index < -0.39 is 11.7 Å².